The van der Waals surface area contributed by atoms with Crippen molar-refractivity contribution in [2.45, 2.75) is 37.8 Å². The molecule has 21 heavy (non-hydrogen) atoms. The Labute approximate surface area is 123 Å². The number of hydrogen-bond acceptors (Lipinski definition) is 4. The predicted octanol–water partition coefficient (Wildman–Crippen LogP) is 1.55. The van der Waals surface area contributed by atoms with Gasteiger partial charge in [-0.25, -0.2) is 4.39 Å². The maximum atomic E-state index is 14.0. The van der Waals surface area contributed by atoms with Gasteiger partial charge in [0.05, 0.1) is 11.3 Å². The molecule has 2 fully saturated rings. The van der Waals surface area contributed by atoms with E-state index in [0.717, 1.165) is 25.5 Å². The first-order valence-corrected chi connectivity index (χ1v) is 7.44. The molecule has 5 N–H and O–H groups in total. The van der Waals surface area contributed by atoms with Gasteiger partial charge >= 0.3 is 0 Å². The Morgan fingerprint density at radius 2 is 2.14 bits per heavy atom. The van der Waals surface area contributed by atoms with Crippen molar-refractivity contribution >= 4 is 17.3 Å². The number of primary amides is 1. The van der Waals surface area contributed by atoms with Crippen molar-refractivity contribution in [1.82, 2.24) is 4.90 Å². The fraction of sp³-hybridized carbons (Fsp3) is 0.533. The zero-order valence-electron chi connectivity index (χ0n) is 11.9. The van der Waals surface area contributed by atoms with Gasteiger partial charge in [0, 0.05) is 24.3 Å². The van der Waals surface area contributed by atoms with Crippen LogP contribution in [-0.4, -0.2) is 36.0 Å². The van der Waals surface area contributed by atoms with E-state index < -0.39 is 11.7 Å². The number of amides is 1. The highest BCUT2D eigenvalue weighted by molar-refractivity contribution is 5.99. The summed E-state index contributed by atoms with van der Waals surface area (Å²) < 4.78 is 14.0. The summed E-state index contributed by atoms with van der Waals surface area (Å²) in [6, 6.07) is 3.41. The van der Waals surface area contributed by atoms with Crippen molar-refractivity contribution in [2.75, 3.05) is 24.1 Å². The Balaban J connectivity index is 1.75. The maximum absolute atomic E-state index is 14.0. The standard InChI is InChI=1S/C15H21FN4O/c16-12-8-13(17)11(15(18)21)7-14(12)19-9-3-5-20-4-1-2-10(20)6-9/h7-10,19H,1-6,17H2,(H2,18,21). The number of nitrogen functional groups attached to an aromatic ring is 1. The first-order chi connectivity index (χ1) is 10.0. The molecular weight excluding hydrogens is 271 g/mol. The van der Waals surface area contributed by atoms with Gasteiger partial charge in [-0.2, -0.15) is 0 Å². The third-order valence-electron chi connectivity index (χ3n) is 4.58. The third-order valence-corrected chi connectivity index (χ3v) is 4.58. The SMILES string of the molecule is NC(=O)c1cc(NC2CCN3CCCC3C2)c(F)cc1N. The summed E-state index contributed by atoms with van der Waals surface area (Å²) in [5.41, 5.74) is 11.4. The van der Waals surface area contributed by atoms with Gasteiger partial charge in [-0.05, 0) is 44.4 Å². The van der Waals surface area contributed by atoms with Crippen molar-refractivity contribution in [2.24, 2.45) is 5.73 Å². The van der Waals surface area contributed by atoms with Crippen LogP contribution in [0.25, 0.3) is 0 Å². The molecule has 5 nitrogen and oxygen atoms in total. The van der Waals surface area contributed by atoms with Crippen LogP contribution in [0.4, 0.5) is 15.8 Å². The average Bonchev–Trinajstić information content (AvgIpc) is 2.88. The molecule has 1 aromatic carbocycles. The number of piperidine rings is 1. The lowest BCUT2D eigenvalue weighted by Crippen LogP contribution is -2.42. The van der Waals surface area contributed by atoms with Crippen LogP contribution < -0.4 is 16.8 Å². The molecular formula is C15H21FN4O. The van der Waals surface area contributed by atoms with Gasteiger partial charge in [-0.3, -0.25) is 4.79 Å². The number of fused-ring (bicyclic) bond motifs is 1. The number of carbonyl (C=O) groups is 1. The summed E-state index contributed by atoms with van der Waals surface area (Å²) in [6.45, 7) is 2.22. The second-order valence-electron chi connectivity index (χ2n) is 5.98. The van der Waals surface area contributed by atoms with Crippen LogP contribution in [0.1, 0.15) is 36.0 Å². The first-order valence-electron chi connectivity index (χ1n) is 7.44. The number of anilines is 2. The van der Waals surface area contributed by atoms with E-state index in [1.165, 1.54) is 25.5 Å². The van der Waals surface area contributed by atoms with E-state index >= 15 is 0 Å². The van der Waals surface area contributed by atoms with Crippen molar-refractivity contribution in [3.05, 3.63) is 23.5 Å². The molecule has 2 aliphatic rings. The fourth-order valence-corrected chi connectivity index (χ4v) is 3.49. The number of carbonyl (C=O) groups excluding carboxylic acids is 1. The minimum absolute atomic E-state index is 0.0798. The predicted molar refractivity (Wildman–Crippen MR) is 80.6 cm³/mol. The second-order valence-corrected chi connectivity index (χ2v) is 5.98. The van der Waals surface area contributed by atoms with Crippen LogP contribution in [0.15, 0.2) is 12.1 Å². The number of nitrogens with two attached hydrogens (primary N) is 2. The number of nitrogens with one attached hydrogen (secondary N) is 1. The number of benzene rings is 1. The quantitative estimate of drug-likeness (QED) is 0.738. The summed E-state index contributed by atoms with van der Waals surface area (Å²) in [6.07, 6.45) is 4.45. The first kappa shape index (κ1) is 14.1. The van der Waals surface area contributed by atoms with Gasteiger partial charge in [0.2, 0.25) is 0 Å². The Morgan fingerprint density at radius 3 is 2.90 bits per heavy atom. The number of nitrogens with zero attached hydrogens (tertiary/aromatic N) is 1. The summed E-state index contributed by atoms with van der Waals surface area (Å²) >= 11 is 0. The lowest BCUT2D eigenvalue weighted by Gasteiger charge is -2.35. The smallest absolute Gasteiger partial charge is 0.250 e. The molecule has 0 saturated carbocycles. The highest BCUT2D eigenvalue weighted by Crippen LogP contribution is 2.30. The van der Waals surface area contributed by atoms with Crippen LogP contribution >= 0.6 is 0 Å². The Kier molecular flexibility index (Phi) is 3.71. The van der Waals surface area contributed by atoms with E-state index in [-0.39, 0.29) is 17.3 Å². The molecule has 1 amide bonds. The van der Waals surface area contributed by atoms with Crippen molar-refractivity contribution in [3.63, 3.8) is 0 Å². The fourth-order valence-electron chi connectivity index (χ4n) is 3.49. The Morgan fingerprint density at radius 1 is 1.33 bits per heavy atom. The van der Waals surface area contributed by atoms with Crippen molar-refractivity contribution in [3.8, 4) is 0 Å². The normalized spacial score (nSPS) is 25.6. The zero-order chi connectivity index (χ0) is 15.0. The van der Waals surface area contributed by atoms with Crippen LogP contribution in [0.2, 0.25) is 0 Å². The van der Waals surface area contributed by atoms with E-state index in [9.17, 15) is 9.18 Å². The van der Waals surface area contributed by atoms with Gasteiger partial charge in [0.25, 0.3) is 5.91 Å². The van der Waals surface area contributed by atoms with Gasteiger partial charge in [0.1, 0.15) is 5.82 Å². The number of halogens is 1. The molecule has 3 rings (SSSR count). The molecule has 2 heterocycles. The average molecular weight is 292 g/mol. The van der Waals surface area contributed by atoms with Gasteiger partial charge in [0.15, 0.2) is 0 Å². The van der Waals surface area contributed by atoms with E-state index in [2.05, 4.69) is 10.2 Å². The molecule has 2 saturated heterocycles. The molecule has 2 unspecified atom stereocenters. The molecule has 2 atom stereocenters. The van der Waals surface area contributed by atoms with Gasteiger partial charge in [-0.1, -0.05) is 0 Å². The summed E-state index contributed by atoms with van der Waals surface area (Å²) in [5.74, 6) is -1.08. The lowest BCUT2D eigenvalue weighted by molar-refractivity contribution is 0.100. The maximum Gasteiger partial charge on any atom is 0.250 e. The van der Waals surface area contributed by atoms with Gasteiger partial charge < -0.3 is 21.7 Å². The molecule has 0 spiro atoms. The Hall–Kier alpha value is -1.82. The van der Waals surface area contributed by atoms with E-state index in [1.807, 2.05) is 0 Å². The highest BCUT2D eigenvalue weighted by Gasteiger charge is 2.31. The highest BCUT2D eigenvalue weighted by atomic mass is 19.1. The lowest BCUT2D eigenvalue weighted by atomic mass is 9.97. The number of rotatable bonds is 3. The molecule has 0 radical (unpaired) electrons. The monoisotopic (exact) mass is 292 g/mol. The van der Waals surface area contributed by atoms with E-state index in [0.29, 0.717) is 11.7 Å². The summed E-state index contributed by atoms with van der Waals surface area (Å²) in [7, 11) is 0. The summed E-state index contributed by atoms with van der Waals surface area (Å²) in [4.78, 5) is 13.8. The number of hydrogen-bond donors (Lipinski definition) is 3. The minimum atomic E-state index is -0.638. The van der Waals surface area contributed by atoms with E-state index in [4.69, 9.17) is 11.5 Å². The molecule has 0 aromatic heterocycles. The van der Waals surface area contributed by atoms with E-state index in [1.54, 1.807) is 0 Å². The molecule has 2 aliphatic heterocycles. The van der Waals surface area contributed by atoms with Crippen LogP contribution in [0.3, 0.4) is 0 Å². The largest absolute Gasteiger partial charge is 0.398 e. The van der Waals surface area contributed by atoms with Crippen LogP contribution in [0.5, 0.6) is 0 Å². The molecule has 6 heteroatoms. The summed E-state index contributed by atoms with van der Waals surface area (Å²) in [5, 5.41) is 3.22. The topological polar surface area (TPSA) is 84.4 Å². The molecule has 0 aliphatic carbocycles. The van der Waals surface area contributed by atoms with Crippen molar-refractivity contribution < 1.29 is 9.18 Å². The van der Waals surface area contributed by atoms with Crippen molar-refractivity contribution in [1.29, 1.82) is 0 Å². The molecule has 1 aromatic rings. The molecule has 0 bridgehead atoms. The second kappa shape index (κ2) is 5.52. The van der Waals surface area contributed by atoms with Crippen LogP contribution in [0, 0.1) is 5.82 Å². The Bertz CT molecular complexity index is 563. The van der Waals surface area contributed by atoms with Gasteiger partial charge in [-0.15, -0.1) is 0 Å². The third kappa shape index (κ3) is 2.81. The zero-order valence-corrected chi connectivity index (χ0v) is 11.9. The van der Waals surface area contributed by atoms with Crippen LogP contribution in [-0.2, 0) is 0 Å². The molecule has 114 valence electrons. The minimum Gasteiger partial charge on any atom is -0.398 e.